The number of rotatable bonds is 5. The Morgan fingerprint density at radius 3 is 2.29 bits per heavy atom. The minimum Gasteiger partial charge on any atom is -0.497 e. The Hall–Kier alpha value is -1.97. The fraction of sp³-hybridized carbons (Fsp3) is 0.308. The first-order valence-corrected chi connectivity index (χ1v) is 5.52. The number of hydrogen-bond donors (Lipinski definition) is 1. The molecule has 0 amide bonds. The van der Waals surface area contributed by atoms with E-state index in [1.165, 1.54) is 5.56 Å². The lowest BCUT2D eigenvalue weighted by atomic mass is 10.1. The summed E-state index contributed by atoms with van der Waals surface area (Å²) in [6.07, 6.45) is 3.62. The Morgan fingerprint density at radius 1 is 1.06 bits per heavy atom. The number of H-pyrrole nitrogens is 1. The van der Waals surface area contributed by atoms with Gasteiger partial charge in [0, 0.05) is 18.0 Å². The molecule has 0 aliphatic carbocycles. The lowest BCUT2D eigenvalue weighted by Gasteiger charge is -2.07. The average molecular weight is 232 g/mol. The third kappa shape index (κ3) is 3.00. The molecule has 2 aromatic rings. The fourth-order valence-electron chi connectivity index (χ4n) is 1.71. The van der Waals surface area contributed by atoms with Gasteiger partial charge in [0.15, 0.2) is 0 Å². The van der Waals surface area contributed by atoms with E-state index in [1.807, 2.05) is 24.3 Å². The predicted octanol–water partition coefficient (Wildman–Crippen LogP) is 2.21. The van der Waals surface area contributed by atoms with Crippen molar-refractivity contribution in [2.45, 2.75) is 12.8 Å². The van der Waals surface area contributed by atoms with Gasteiger partial charge in [-0.15, -0.1) is 0 Å². The van der Waals surface area contributed by atoms with Crippen molar-refractivity contribution in [1.29, 1.82) is 0 Å². The zero-order chi connectivity index (χ0) is 12.1. The molecule has 1 aromatic carbocycles. The normalized spacial score (nSPS) is 10.2. The van der Waals surface area contributed by atoms with Gasteiger partial charge in [-0.25, -0.2) is 0 Å². The maximum Gasteiger partial charge on any atom is 0.122 e. The standard InChI is InChI=1S/C13H16N2O2/c1-16-12-7-10(8-13(9-12)17-2)3-4-11-5-6-14-15-11/h5-9H,3-4H2,1-2H3,(H,14,15). The van der Waals surface area contributed by atoms with Crippen LogP contribution in [0.2, 0.25) is 0 Å². The topological polar surface area (TPSA) is 47.1 Å². The molecular formula is C13H16N2O2. The molecule has 1 aromatic heterocycles. The maximum absolute atomic E-state index is 5.23. The van der Waals surface area contributed by atoms with Gasteiger partial charge in [0.25, 0.3) is 0 Å². The number of nitrogens with zero attached hydrogens (tertiary/aromatic N) is 1. The maximum atomic E-state index is 5.23. The van der Waals surface area contributed by atoms with E-state index < -0.39 is 0 Å². The van der Waals surface area contributed by atoms with E-state index in [4.69, 9.17) is 9.47 Å². The molecule has 2 rings (SSSR count). The van der Waals surface area contributed by atoms with Gasteiger partial charge in [-0.1, -0.05) is 0 Å². The van der Waals surface area contributed by atoms with E-state index in [0.29, 0.717) is 0 Å². The van der Waals surface area contributed by atoms with Gasteiger partial charge in [0.05, 0.1) is 14.2 Å². The highest BCUT2D eigenvalue weighted by Crippen LogP contribution is 2.23. The van der Waals surface area contributed by atoms with Crippen LogP contribution in [0.3, 0.4) is 0 Å². The van der Waals surface area contributed by atoms with Crippen LogP contribution in [0.15, 0.2) is 30.5 Å². The first kappa shape index (κ1) is 11.5. The zero-order valence-electron chi connectivity index (χ0n) is 10.1. The van der Waals surface area contributed by atoms with E-state index in [0.717, 1.165) is 30.0 Å². The van der Waals surface area contributed by atoms with Crippen LogP contribution in [0.1, 0.15) is 11.3 Å². The summed E-state index contributed by atoms with van der Waals surface area (Å²) in [4.78, 5) is 0. The molecule has 0 atom stereocenters. The van der Waals surface area contributed by atoms with Crippen molar-refractivity contribution in [2.75, 3.05) is 14.2 Å². The number of ether oxygens (including phenoxy) is 2. The molecule has 0 spiro atoms. The van der Waals surface area contributed by atoms with E-state index in [-0.39, 0.29) is 0 Å². The van der Waals surface area contributed by atoms with E-state index >= 15 is 0 Å². The molecule has 0 saturated carbocycles. The SMILES string of the molecule is COc1cc(CCc2ccn[nH]2)cc(OC)c1. The van der Waals surface area contributed by atoms with E-state index in [1.54, 1.807) is 20.4 Å². The summed E-state index contributed by atoms with van der Waals surface area (Å²) in [6.45, 7) is 0. The highest BCUT2D eigenvalue weighted by Gasteiger charge is 2.03. The second-order valence-electron chi connectivity index (χ2n) is 3.80. The Bertz CT molecular complexity index is 444. The van der Waals surface area contributed by atoms with E-state index in [9.17, 15) is 0 Å². The van der Waals surface area contributed by atoms with E-state index in [2.05, 4.69) is 10.2 Å². The van der Waals surface area contributed by atoms with Crippen molar-refractivity contribution in [3.8, 4) is 11.5 Å². The quantitative estimate of drug-likeness (QED) is 0.859. The Balaban J connectivity index is 2.09. The molecule has 0 fully saturated rings. The van der Waals surface area contributed by atoms with Crippen molar-refractivity contribution >= 4 is 0 Å². The van der Waals surface area contributed by atoms with Crippen LogP contribution in [-0.4, -0.2) is 24.4 Å². The van der Waals surface area contributed by atoms with Crippen LogP contribution < -0.4 is 9.47 Å². The van der Waals surface area contributed by atoms with Gasteiger partial charge >= 0.3 is 0 Å². The first-order valence-electron chi connectivity index (χ1n) is 5.52. The molecule has 0 aliphatic rings. The van der Waals surface area contributed by atoms with Crippen molar-refractivity contribution in [3.63, 3.8) is 0 Å². The first-order chi connectivity index (χ1) is 8.31. The third-order valence-electron chi connectivity index (χ3n) is 2.65. The summed E-state index contributed by atoms with van der Waals surface area (Å²) < 4.78 is 10.5. The van der Waals surface area contributed by atoms with Gasteiger partial charge in [0.1, 0.15) is 11.5 Å². The van der Waals surface area contributed by atoms with Crippen LogP contribution in [-0.2, 0) is 12.8 Å². The Kier molecular flexibility index (Phi) is 3.65. The summed E-state index contributed by atoms with van der Waals surface area (Å²) in [7, 11) is 3.32. The Morgan fingerprint density at radius 2 is 1.76 bits per heavy atom. The molecule has 0 radical (unpaired) electrons. The van der Waals surface area contributed by atoms with Gasteiger partial charge in [-0.05, 0) is 36.6 Å². The highest BCUT2D eigenvalue weighted by atomic mass is 16.5. The highest BCUT2D eigenvalue weighted by molar-refractivity contribution is 5.38. The van der Waals surface area contributed by atoms with Crippen LogP contribution in [0.25, 0.3) is 0 Å². The van der Waals surface area contributed by atoms with Crippen molar-refractivity contribution in [1.82, 2.24) is 10.2 Å². The molecule has 4 nitrogen and oxygen atoms in total. The number of benzene rings is 1. The monoisotopic (exact) mass is 232 g/mol. The number of aromatic nitrogens is 2. The van der Waals surface area contributed by atoms with Crippen LogP contribution >= 0.6 is 0 Å². The average Bonchev–Trinajstić information content (AvgIpc) is 2.89. The molecular weight excluding hydrogens is 216 g/mol. The molecule has 0 unspecified atom stereocenters. The number of hydrogen-bond acceptors (Lipinski definition) is 3. The summed E-state index contributed by atoms with van der Waals surface area (Å²) in [6, 6.07) is 7.91. The third-order valence-corrected chi connectivity index (χ3v) is 2.65. The number of methoxy groups -OCH3 is 2. The summed E-state index contributed by atoms with van der Waals surface area (Å²) >= 11 is 0. The lowest BCUT2D eigenvalue weighted by Crippen LogP contribution is -1.95. The molecule has 1 heterocycles. The van der Waals surface area contributed by atoms with Crippen molar-refractivity contribution < 1.29 is 9.47 Å². The van der Waals surface area contributed by atoms with Crippen molar-refractivity contribution in [3.05, 3.63) is 41.7 Å². The van der Waals surface area contributed by atoms with Gasteiger partial charge in [0.2, 0.25) is 0 Å². The summed E-state index contributed by atoms with van der Waals surface area (Å²) in [5, 5.41) is 6.88. The summed E-state index contributed by atoms with van der Waals surface area (Å²) in [5.74, 6) is 1.65. The second-order valence-corrected chi connectivity index (χ2v) is 3.80. The zero-order valence-corrected chi connectivity index (χ0v) is 10.1. The van der Waals surface area contributed by atoms with Gasteiger partial charge in [-0.3, -0.25) is 5.10 Å². The number of nitrogens with one attached hydrogen (secondary N) is 1. The molecule has 0 aliphatic heterocycles. The number of aryl methyl sites for hydroxylation is 2. The lowest BCUT2D eigenvalue weighted by molar-refractivity contribution is 0.393. The second kappa shape index (κ2) is 5.39. The summed E-state index contributed by atoms with van der Waals surface area (Å²) in [5.41, 5.74) is 2.32. The smallest absolute Gasteiger partial charge is 0.122 e. The molecule has 1 N–H and O–H groups in total. The minimum atomic E-state index is 0.823. The molecule has 90 valence electrons. The molecule has 0 saturated heterocycles. The van der Waals surface area contributed by atoms with Gasteiger partial charge in [-0.2, -0.15) is 5.10 Å². The Labute approximate surface area is 101 Å². The van der Waals surface area contributed by atoms with Crippen molar-refractivity contribution in [2.24, 2.45) is 0 Å². The predicted molar refractivity (Wildman–Crippen MR) is 65.5 cm³/mol. The molecule has 17 heavy (non-hydrogen) atoms. The largest absolute Gasteiger partial charge is 0.497 e. The fourth-order valence-corrected chi connectivity index (χ4v) is 1.71. The van der Waals surface area contributed by atoms with Crippen LogP contribution in [0, 0.1) is 0 Å². The molecule has 0 bridgehead atoms. The van der Waals surface area contributed by atoms with Gasteiger partial charge < -0.3 is 9.47 Å². The molecule has 4 heteroatoms. The van der Waals surface area contributed by atoms with Crippen LogP contribution in [0.4, 0.5) is 0 Å². The minimum absolute atomic E-state index is 0.823. The van der Waals surface area contributed by atoms with Crippen LogP contribution in [0.5, 0.6) is 11.5 Å². The number of aromatic amines is 1.